The first-order valence-electron chi connectivity index (χ1n) is 10.6. The van der Waals surface area contributed by atoms with Crippen LogP contribution in [0.4, 0.5) is 5.82 Å². The lowest BCUT2D eigenvalue weighted by molar-refractivity contribution is 0.0672. The summed E-state index contributed by atoms with van der Waals surface area (Å²) in [5.74, 6) is 1.74. The van der Waals surface area contributed by atoms with Gasteiger partial charge in [-0.05, 0) is 37.6 Å². The molecule has 0 spiro atoms. The van der Waals surface area contributed by atoms with Crippen molar-refractivity contribution in [3.8, 4) is 17.0 Å². The minimum Gasteiger partial charge on any atom is -0.497 e. The summed E-state index contributed by atoms with van der Waals surface area (Å²) in [5.41, 5.74) is 3.64. The summed E-state index contributed by atoms with van der Waals surface area (Å²) < 4.78 is 7.13. The van der Waals surface area contributed by atoms with Gasteiger partial charge in [0.15, 0.2) is 0 Å². The lowest BCUT2D eigenvalue weighted by Crippen LogP contribution is -2.38. The van der Waals surface area contributed by atoms with E-state index in [1.165, 1.54) is 0 Å². The van der Waals surface area contributed by atoms with Crippen LogP contribution in [0.25, 0.3) is 11.3 Å². The Balaban J connectivity index is 2.06. The molecule has 164 valence electrons. The van der Waals surface area contributed by atoms with Gasteiger partial charge in [-0.3, -0.25) is 9.48 Å². The third-order valence-electron chi connectivity index (χ3n) is 5.63. The van der Waals surface area contributed by atoms with Crippen molar-refractivity contribution in [2.45, 2.75) is 32.9 Å². The maximum atomic E-state index is 13.5. The van der Waals surface area contributed by atoms with Gasteiger partial charge in [0.25, 0.3) is 5.91 Å². The zero-order valence-electron chi connectivity index (χ0n) is 19.3. The van der Waals surface area contributed by atoms with Crippen molar-refractivity contribution in [3.05, 3.63) is 65.7 Å². The highest BCUT2D eigenvalue weighted by Crippen LogP contribution is 2.32. The summed E-state index contributed by atoms with van der Waals surface area (Å²) in [7, 11) is 7.59. The van der Waals surface area contributed by atoms with Gasteiger partial charge in [-0.2, -0.15) is 5.10 Å². The topological polar surface area (TPSA) is 50.6 Å². The van der Waals surface area contributed by atoms with Crippen LogP contribution in [0.1, 0.15) is 36.2 Å². The molecule has 1 aromatic heterocycles. The number of hydrogen-bond donors (Lipinski definition) is 0. The van der Waals surface area contributed by atoms with E-state index in [2.05, 4.69) is 30.9 Å². The molecule has 0 saturated heterocycles. The molecule has 0 radical (unpaired) electrons. The molecular weight excluding hydrogens is 388 g/mol. The summed E-state index contributed by atoms with van der Waals surface area (Å²) in [6.07, 6.45) is 0.861. The van der Waals surface area contributed by atoms with E-state index in [1.54, 1.807) is 7.11 Å². The molecule has 3 aromatic rings. The normalized spacial score (nSPS) is 11.8. The second-order valence-electron chi connectivity index (χ2n) is 7.95. The fourth-order valence-electron chi connectivity index (χ4n) is 3.81. The third-order valence-corrected chi connectivity index (χ3v) is 5.63. The average molecular weight is 421 g/mol. The van der Waals surface area contributed by atoms with Gasteiger partial charge in [0, 0.05) is 43.9 Å². The quantitative estimate of drug-likeness (QED) is 0.534. The number of benzene rings is 2. The Morgan fingerprint density at radius 3 is 2.29 bits per heavy atom. The number of methoxy groups -OCH3 is 1. The first-order valence-corrected chi connectivity index (χ1v) is 10.6. The number of carbonyl (C=O) groups excluding carboxylic acids is 1. The van der Waals surface area contributed by atoms with Gasteiger partial charge in [-0.25, -0.2) is 0 Å². The maximum Gasteiger partial charge on any atom is 0.254 e. The predicted octanol–water partition coefficient (Wildman–Crippen LogP) is 4.60. The average Bonchev–Trinajstić information content (AvgIpc) is 3.13. The Kier molecular flexibility index (Phi) is 7.00. The molecule has 0 aliphatic heterocycles. The monoisotopic (exact) mass is 420 g/mol. The van der Waals surface area contributed by atoms with Crippen LogP contribution < -0.4 is 9.64 Å². The summed E-state index contributed by atoms with van der Waals surface area (Å²) in [5, 5.41) is 4.82. The standard InChI is InChI=1S/C25H32N4O2/c1-7-18(2)29(25(30)20-13-15-21(31-6)16-14-20)17-22-23(19-11-9-8-10-12-19)26-28(5)24(22)27(3)4/h8-16,18H,7,17H2,1-6H3/t18-/m1/s1. The second kappa shape index (κ2) is 9.69. The number of rotatable bonds is 8. The molecule has 0 unspecified atom stereocenters. The van der Waals surface area contributed by atoms with Crippen LogP contribution >= 0.6 is 0 Å². The van der Waals surface area contributed by atoms with Crippen molar-refractivity contribution in [3.63, 3.8) is 0 Å². The van der Waals surface area contributed by atoms with Gasteiger partial charge in [0.2, 0.25) is 0 Å². The molecule has 31 heavy (non-hydrogen) atoms. The molecule has 0 saturated carbocycles. The van der Waals surface area contributed by atoms with Crippen LogP contribution in [0.2, 0.25) is 0 Å². The number of nitrogens with zero attached hydrogens (tertiary/aromatic N) is 4. The van der Waals surface area contributed by atoms with Crippen LogP contribution in [-0.2, 0) is 13.6 Å². The molecule has 0 aliphatic rings. The van der Waals surface area contributed by atoms with E-state index >= 15 is 0 Å². The van der Waals surface area contributed by atoms with Gasteiger partial charge < -0.3 is 14.5 Å². The zero-order chi connectivity index (χ0) is 22.5. The number of hydrogen-bond acceptors (Lipinski definition) is 4. The van der Waals surface area contributed by atoms with Crippen molar-refractivity contribution in [1.29, 1.82) is 0 Å². The van der Waals surface area contributed by atoms with Crippen molar-refractivity contribution in [2.75, 3.05) is 26.1 Å². The SMILES string of the molecule is CC[C@@H](C)N(Cc1c(-c2ccccc2)nn(C)c1N(C)C)C(=O)c1ccc(OC)cc1. The van der Waals surface area contributed by atoms with Crippen molar-refractivity contribution < 1.29 is 9.53 Å². The molecule has 1 atom stereocenters. The van der Waals surface area contributed by atoms with Crippen LogP contribution in [0.5, 0.6) is 5.75 Å². The van der Waals surface area contributed by atoms with Crippen molar-refractivity contribution in [1.82, 2.24) is 14.7 Å². The lowest BCUT2D eigenvalue weighted by Gasteiger charge is -2.30. The molecule has 1 amide bonds. The first kappa shape index (κ1) is 22.4. The Morgan fingerprint density at radius 2 is 1.74 bits per heavy atom. The zero-order valence-corrected chi connectivity index (χ0v) is 19.3. The van der Waals surface area contributed by atoms with E-state index in [4.69, 9.17) is 9.84 Å². The smallest absolute Gasteiger partial charge is 0.254 e. The highest BCUT2D eigenvalue weighted by molar-refractivity contribution is 5.94. The Bertz CT molecular complexity index is 1010. The van der Waals surface area contributed by atoms with Crippen LogP contribution in [-0.4, -0.2) is 47.8 Å². The number of ether oxygens (including phenoxy) is 1. The molecule has 1 heterocycles. The summed E-state index contributed by atoms with van der Waals surface area (Å²) in [6.45, 7) is 4.67. The predicted molar refractivity (Wildman–Crippen MR) is 126 cm³/mol. The van der Waals surface area contributed by atoms with E-state index in [1.807, 2.05) is 73.2 Å². The van der Waals surface area contributed by atoms with Gasteiger partial charge >= 0.3 is 0 Å². The molecule has 3 rings (SSSR count). The minimum absolute atomic E-state index is 0.00424. The molecule has 0 N–H and O–H groups in total. The minimum atomic E-state index is 0.00424. The van der Waals surface area contributed by atoms with E-state index in [9.17, 15) is 4.79 Å². The molecule has 6 heteroatoms. The fraction of sp³-hybridized carbons (Fsp3) is 0.360. The first-order chi connectivity index (χ1) is 14.9. The van der Waals surface area contributed by atoms with E-state index in [-0.39, 0.29) is 11.9 Å². The number of amides is 1. The molecular formula is C25H32N4O2. The van der Waals surface area contributed by atoms with Gasteiger partial charge in [-0.1, -0.05) is 37.3 Å². The third kappa shape index (κ3) is 4.74. The van der Waals surface area contributed by atoms with E-state index in [0.717, 1.165) is 34.8 Å². The Labute approximate surface area is 185 Å². The van der Waals surface area contributed by atoms with E-state index in [0.29, 0.717) is 12.1 Å². The highest BCUT2D eigenvalue weighted by Gasteiger charge is 2.27. The highest BCUT2D eigenvalue weighted by atomic mass is 16.5. The van der Waals surface area contributed by atoms with Gasteiger partial charge in [-0.15, -0.1) is 0 Å². The largest absolute Gasteiger partial charge is 0.497 e. The molecule has 0 bridgehead atoms. The summed E-state index contributed by atoms with van der Waals surface area (Å²) >= 11 is 0. The number of carbonyl (C=O) groups is 1. The Morgan fingerprint density at radius 1 is 1.10 bits per heavy atom. The summed E-state index contributed by atoms with van der Waals surface area (Å²) in [6, 6.07) is 17.5. The lowest BCUT2D eigenvalue weighted by atomic mass is 10.0. The van der Waals surface area contributed by atoms with Gasteiger partial charge in [0.05, 0.1) is 19.3 Å². The van der Waals surface area contributed by atoms with Crippen LogP contribution in [0, 0.1) is 0 Å². The number of anilines is 1. The van der Waals surface area contributed by atoms with Crippen molar-refractivity contribution in [2.24, 2.45) is 7.05 Å². The van der Waals surface area contributed by atoms with E-state index < -0.39 is 0 Å². The maximum absolute atomic E-state index is 13.5. The summed E-state index contributed by atoms with van der Waals surface area (Å²) in [4.78, 5) is 17.5. The second-order valence-corrected chi connectivity index (χ2v) is 7.95. The van der Waals surface area contributed by atoms with Crippen molar-refractivity contribution >= 4 is 11.7 Å². The Hall–Kier alpha value is -3.28. The molecule has 0 aliphatic carbocycles. The van der Waals surface area contributed by atoms with Crippen LogP contribution in [0.15, 0.2) is 54.6 Å². The molecule has 0 fully saturated rings. The molecule has 2 aromatic carbocycles. The number of aromatic nitrogens is 2. The molecule has 6 nitrogen and oxygen atoms in total. The number of aryl methyl sites for hydroxylation is 1. The van der Waals surface area contributed by atoms with Crippen LogP contribution in [0.3, 0.4) is 0 Å². The fourth-order valence-corrected chi connectivity index (χ4v) is 3.81. The van der Waals surface area contributed by atoms with Gasteiger partial charge in [0.1, 0.15) is 11.6 Å².